The van der Waals surface area contributed by atoms with Crippen LogP contribution in [-0.2, 0) is 16.7 Å². The Balaban J connectivity index is 2.19. The number of benzene rings is 2. The molecule has 0 bridgehead atoms. The molecule has 2 aromatic rings. The van der Waals surface area contributed by atoms with Crippen molar-refractivity contribution < 1.29 is 17.4 Å². The van der Waals surface area contributed by atoms with Crippen LogP contribution in [0.25, 0.3) is 0 Å². The largest absolute Gasteiger partial charge is 0.383 e. The van der Waals surface area contributed by atoms with Crippen LogP contribution in [0.4, 0.5) is 10.5 Å². The lowest BCUT2D eigenvalue weighted by Crippen LogP contribution is -2.39. The second kappa shape index (κ2) is 8.82. The first-order valence-corrected chi connectivity index (χ1v) is 10.6. The van der Waals surface area contributed by atoms with E-state index < -0.39 is 10.1 Å². The number of nitrogens with one attached hydrogen (secondary N) is 1. The van der Waals surface area contributed by atoms with Gasteiger partial charge in [0.25, 0.3) is 0 Å². The maximum absolute atomic E-state index is 12.7. The number of carbonyl (C=O) groups excluding carboxylic acids is 1. The summed E-state index contributed by atoms with van der Waals surface area (Å²) in [6.07, 6.45) is 0.974. The summed E-state index contributed by atoms with van der Waals surface area (Å²) in [6, 6.07) is 11.1. The van der Waals surface area contributed by atoms with Gasteiger partial charge in [0.1, 0.15) is 5.75 Å². The van der Waals surface area contributed by atoms with Crippen LogP contribution in [0.5, 0.6) is 5.75 Å². The SMILES string of the molecule is CC(C)N(Cc1cccc(OS(C)(=O)=O)c1)C(=O)Nc1cccc(Cl)c1Cl. The first-order chi connectivity index (χ1) is 12.6. The first kappa shape index (κ1) is 21.3. The summed E-state index contributed by atoms with van der Waals surface area (Å²) in [5.41, 5.74) is 1.13. The van der Waals surface area contributed by atoms with Crippen LogP contribution in [0.2, 0.25) is 10.0 Å². The number of halogens is 2. The van der Waals surface area contributed by atoms with E-state index in [1.807, 2.05) is 13.8 Å². The summed E-state index contributed by atoms with van der Waals surface area (Å²) in [4.78, 5) is 14.3. The van der Waals surface area contributed by atoms with Gasteiger partial charge in [0, 0.05) is 12.6 Å². The van der Waals surface area contributed by atoms with Crippen molar-refractivity contribution in [1.82, 2.24) is 4.90 Å². The summed E-state index contributed by atoms with van der Waals surface area (Å²) in [5.74, 6) is 0.192. The molecule has 0 heterocycles. The molecule has 0 fully saturated rings. The van der Waals surface area contributed by atoms with Gasteiger partial charge in [-0.2, -0.15) is 8.42 Å². The average molecular weight is 431 g/mol. The first-order valence-electron chi connectivity index (χ1n) is 8.07. The molecule has 2 amide bonds. The van der Waals surface area contributed by atoms with Gasteiger partial charge in [-0.25, -0.2) is 4.79 Å². The van der Waals surface area contributed by atoms with Gasteiger partial charge in [0.15, 0.2) is 0 Å². The fourth-order valence-electron chi connectivity index (χ4n) is 2.34. The van der Waals surface area contributed by atoms with Crippen LogP contribution in [-0.4, -0.2) is 31.6 Å². The van der Waals surface area contributed by atoms with Gasteiger partial charge >= 0.3 is 16.1 Å². The van der Waals surface area contributed by atoms with Crippen LogP contribution < -0.4 is 9.50 Å². The summed E-state index contributed by atoms with van der Waals surface area (Å²) < 4.78 is 27.5. The molecule has 2 aromatic carbocycles. The fraction of sp³-hybridized carbons (Fsp3) is 0.278. The Kier molecular flexibility index (Phi) is 6.97. The molecule has 27 heavy (non-hydrogen) atoms. The van der Waals surface area contributed by atoms with Gasteiger partial charge in [-0.3, -0.25) is 0 Å². The molecule has 0 unspecified atom stereocenters. The van der Waals surface area contributed by atoms with Crippen LogP contribution in [0, 0.1) is 0 Å². The molecular formula is C18H20Cl2N2O4S. The predicted octanol–water partition coefficient (Wildman–Crippen LogP) is 4.77. The van der Waals surface area contributed by atoms with E-state index in [0.29, 0.717) is 10.7 Å². The lowest BCUT2D eigenvalue weighted by Gasteiger charge is -2.27. The van der Waals surface area contributed by atoms with Gasteiger partial charge in [0.2, 0.25) is 0 Å². The standard InChI is InChI=1S/C18H20Cl2N2O4S/c1-12(2)22(18(23)21-16-9-5-8-15(19)17(16)20)11-13-6-4-7-14(10-13)26-27(3,24)25/h4-10,12H,11H2,1-3H3,(H,21,23). The van der Waals surface area contributed by atoms with Gasteiger partial charge in [-0.05, 0) is 43.7 Å². The summed E-state index contributed by atoms with van der Waals surface area (Å²) in [6.45, 7) is 3.99. The number of amides is 2. The number of nitrogens with zero attached hydrogens (tertiary/aromatic N) is 1. The zero-order valence-electron chi connectivity index (χ0n) is 15.1. The summed E-state index contributed by atoms with van der Waals surface area (Å²) in [5, 5.41) is 3.36. The molecule has 0 spiro atoms. The molecule has 0 aliphatic rings. The Bertz CT molecular complexity index is 933. The smallest absolute Gasteiger partial charge is 0.322 e. The van der Waals surface area contributed by atoms with Crippen molar-refractivity contribution in [3.8, 4) is 5.75 Å². The maximum atomic E-state index is 12.7. The van der Waals surface area contributed by atoms with Gasteiger partial charge in [-0.15, -0.1) is 0 Å². The molecule has 0 aliphatic heterocycles. The number of rotatable bonds is 6. The van der Waals surface area contributed by atoms with E-state index in [1.54, 1.807) is 41.3 Å². The Morgan fingerprint density at radius 1 is 1.19 bits per heavy atom. The van der Waals surface area contributed by atoms with Gasteiger partial charge in [0.05, 0.1) is 22.0 Å². The lowest BCUT2D eigenvalue weighted by molar-refractivity contribution is 0.193. The van der Waals surface area contributed by atoms with E-state index in [4.69, 9.17) is 27.4 Å². The van der Waals surface area contributed by atoms with Crippen molar-refractivity contribution in [2.75, 3.05) is 11.6 Å². The van der Waals surface area contributed by atoms with Crippen LogP contribution in [0.1, 0.15) is 19.4 Å². The molecule has 0 aliphatic carbocycles. The van der Waals surface area contributed by atoms with E-state index in [-0.39, 0.29) is 29.4 Å². The predicted molar refractivity (Wildman–Crippen MR) is 108 cm³/mol. The van der Waals surface area contributed by atoms with Crippen molar-refractivity contribution in [2.24, 2.45) is 0 Å². The van der Waals surface area contributed by atoms with Crippen molar-refractivity contribution in [2.45, 2.75) is 26.4 Å². The molecule has 2 rings (SSSR count). The molecule has 0 saturated heterocycles. The van der Waals surface area contributed by atoms with Crippen LogP contribution >= 0.6 is 23.2 Å². The monoisotopic (exact) mass is 430 g/mol. The highest BCUT2D eigenvalue weighted by molar-refractivity contribution is 7.86. The molecule has 0 radical (unpaired) electrons. The van der Waals surface area contributed by atoms with E-state index in [2.05, 4.69) is 5.32 Å². The second-order valence-corrected chi connectivity index (χ2v) is 8.55. The summed E-state index contributed by atoms with van der Waals surface area (Å²) >= 11 is 12.1. The molecule has 0 saturated carbocycles. The van der Waals surface area contributed by atoms with Gasteiger partial charge < -0.3 is 14.4 Å². The highest BCUT2D eigenvalue weighted by atomic mass is 35.5. The van der Waals surface area contributed by atoms with Crippen molar-refractivity contribution in [3.05, 3.63) is 58.1 Å². The third-order valence-corrected chi connectivity index (χ3v) is 4.89. The molecule has 146 valence electrons. The molecule has 9 heteroatoms. The highest BCUT2D eigenvalue weighted by Crippen LogP contribution is 2.30. The van der Waals surface area contributed by atoms with Crippen molar-refractivity contribution in [1.29, 1.82) is 0 Å². The van der Waals surface area contributed by atoms with Crippen LogP contribution in [0.3, 0.4) is 0 Å². The zero-order chi connectivity index (χ0) is 20.2. The topological polar surface area (TPSA) is 75.7 Å². The van der Waals surface area contributed by atoms with Crippen molar-refractivity contribution >= 4 is 45.0 Å². The molecule has 1 N–H and O–H groups in total. The molecule has 6 nitrogen and oxygen atoms in total. The Morgan fingerprint density at radius 2 is 1.85 bits per heavy atom. The molecular weight excluding hydrogens is 411 g/mol. The minimum absolute atomic E-state index is 0.123. The Morgan fingerprint density at radius 3 is 2.48 bits per heavy atom. The van der Waals surface area contributed by atoms with E-state index in [9.17, 15) is 13.2 Å². The Labute approximate surface area is 169 Å². The second-order valence-electron chi connectivity index (χ2n) is 6.19. The third-order valence-electron chi connectivity index (χ3n) is 3.58. The number of urea groups is 1. The Hall–Kier alpha value is -1.96. The number of anilines is 1. The van der Waals surface area contributed by atoms with Gasteiger partial charge in [-0.1, -0.05) is 41.4 Å². The van der Waals surface area contributed by atoms with E-state index >= 15 is 0 Å². The van der Waals surface area contributed by atoms with E-state index in [0.717, 1.165) is 11.8 Å². The number of hydrogen-bond donors (Lipinski definition) is 1. The fourth-order valence-corrected chi connectivity index (χ4v) is 3.14. The third kappa shape index (κ3) is 6.30. The van der Waals surface area contributed by atoms with Crippen LogP contribution in [0.15, 0.2) is 42.5 Å². The molecule has 0 aromatic heterocycles. The minimum Gasteiger partial charge on any atom is -0.383 e. The number of carbonyl (C=O) groups is 1. The summed E-state index contributed by atoms with van der Waals surface area (Å²) in [7, 11) is -3.62. The quantitative estimate of drug-likeness (QED) is 0.669. The van der Waals surface area contributed by atoms with E-state index in [1.165, 1.54) is 6.07 Å². The lowest BCUT2D eigenvalue weighted by atomic mass is 10.2. The number of hydrogen-bond acceptors (Lipinski definition) is 4. The minimum atomic E-state index is -3.62. The maximum Gasteiger partial charge on any atom is 0.322 e. The molecule has 0 atom stereocenters. The average Bonchev–Trinajstić information content (AvgIpc) is 2.55. The van der Waals surface area contributed by atoms with Crippen molar-refractivity contribution in [3.63, 3.8) is 0 Å². The normalized spacial score (nSPS) is 11.3. The zero-order valence-corrected chi connectivity index (χ0v) is 17.4. The highest BCUT2D eigenvalue weighted by Gasteiger charge is 2.19.